The fourth-order valence-corrected chi connectivity index (χ4v) is 3.61. The predicted octanol–water partition coefficient (Wildman–Crippen LogP) is 3.41. The van der Waals surface area contributed by atoms with E-state index in [1.807, 2.05) is 0 Å². The van der Waals surface area contributed by atoms with Crippen molar-refractivity contribution in [3.05, 3.63) is 41.8 Å². The smallest absolute Gasteiger partial charge is 0.484 e. The Bertz CT molecular complexity index is 907. The zero-order valence-electron chi connectivity index (χ0n) is 16.8. The first kappa shape index (κ1) is 22.5. The fourth-order valence-electron chi connectivity index (χ4n) is 3.61. The zero-order chi connectivity index (χ0) is 22.7. The summed E-state index contributed by atoms with van der Waals surface area (Å²) >= 11 is 0. The average Bonchev–Trinajstić information content (AvgIpc) is 3.19. The van der Waals surface area contributed by atoms with Gasteiger partial charge in [0, 0.05) is 5.92 Å². The van der Waals surface area contributed by atoms with Crippen LogP contribution in [0.2, 0.25) is 0 Å². The van der Waals surface area contributed by atoms with Crippen molar-refractivity contribution in [2.45, 2.75) is 56.2 Å². The van der Waals surface area contributed by atoms with Crippen LogP contribution < -0.4 is 10.1 Å². The molecule has 2 fully saturated rings. The van der Waals surface area contributed by atoms with E-state index in [0.717, 1.165) is 0 Å². The molecule has 2 aliphatic rings. The van der Waals surface area contributed by atoms with Crippen molar-refractivity contribution >= 4 is 5.91 Å². The number of benzene rings is 1. The molecule has 1 aliphatic carbocycles. The summed E-state index contributed by atoms with van der Waals surface area (Å²) in [6, 6.07) is 5.13. The van der Waals surface area contributed by atoms with Crippen molar-refractivity contribution in [3.8, 4) is 5.75 Å². The largest absolute Gasteiger partial charge is 0.522 e. The second kappa shape index (κ2) is 9.41. The minimum atomic E-state index is -4.65. The Morgan fingerprint density at radius 3 is 2.59 bits per heavy atom. The lowest BCUT2D eigenvalue weighted by Crippen LogP contribution is -2.43. The van der Waals surface area contributed by atoms with Gasteiger partial charge in [0.05, 0.1) is 18.8 Å². The Labute approximate surface area is 180 Å². The maximum Gasteiger partial charge on any atom is 0.522 e. The van der Waals surface area contributed by atoms with Crippen LogP contribution in [0.4, 0.5) is 17.6 Å². The van der Waals surface area contributed by atoms with Gasteiger partial charge in [-0.05, 0) is 49.9 Å². The highest BCUT2D eigenvalue weighted by Crippen LogP contribution is 2.40. The second-order valence-electron chi connectivity index (χ2n) is 7.75. The third kappa shape index (κ3) is 5.94. The molecule has 0 spiro atoms. The number of rotatable bonds is 7. The fraction of sp³-hybridized carbons (Fsp3) is 0.550. The first-order valence-corrected chi connectivity index (χ1v) is 10.1. The number of nitrogens with one attached hydrogen (secondary N) is 1. The molecule has 1 saturated carbocycles. The van der Waals surface area contributed by atoms with E-state index in [9.17, 15) is 22.4 Å². The highest BCUT2D eigenvalue weighted by Gasteiger charge is 2.42. The summed E-state index contributed by atoms with van der Waals surface area (Å²) in [4.78, 5) is 16.3. The number of ether oxygens (including phenoxy) is 3. The molecular weight excluding hydrogens is 438 g/mol. The van der Waals surface area contributed by atoms with Crippen LogP contribution in [-0.4, -0.2) is 47.8 Å². The van der Waals surface area contributed by atoms with Crippen LogP contribution >= 0.6 is 0 Å². The Morgan fingerprint density at radius 2 is 1.94 bits per heavy atom. The number of carbonyl (C=O) groups is 1. The number of halogens is 4. The zero-order valence-corrected chi connectivity index (χ0v) is 16.8. The first-order chi connectivity index (χ1) is 15.2. The molecule has 1 saturated heterocycles. The number of aromatic nitrogens is 2. The average molecular weight is 459 g/mol. The molecular formula is C20H21F4N3O5. The van der Waals surface area contributed by atoms with Gasteiger partial charge in [0.1, 0.15) is 17.7 Å². The van der Waals surface area contributed by atoms with E-state index < -0.39 is 24.4 Å². The van der Waals surface area contributed by atoms with Gasteiger partial charge >= 0.3 is 6.36 Å². The Hall–Kier alpha value is -2.73. The summed E-state index contributed by atoms with van der Waals surface area (Å²) in [5, 5.41) is 6.66. The van der Waals surface area contributed by atoms with Gasteiger partial charge in [-0.25, -0.2) is 4.39 Å². The van der Waals surface area contributed by atoms with Crippen LogP contribution in [0.5, 0.6) is 5.75 Å². The van der Waals surface area contributed by atoms with E-state index in [0.29, 0.717) is 24.4 Å². The van der Waals surface area contributed by atoms with Crippen molar-refractivity contribution in [1.82, 2.24) is 15.5 Å². The molecule has 2 heterocycles. The van der Waals surface area contributed by atoms with Crippen molar-refractivity contribution in [1.29, 1.82) is 0 Å². The Kier molecular flexibility index (Phi) is 6.60. The summed E-state index contributed by atoms with van der Waals surface area (Å²) in [6.07, 6.45) is -4.49. The predicted molar refractivity (Wildman–Crippen MR) is 99.0 cm³/mol. The Balaban J connectivity index is 1.17. The third-order valence-electron chi connectivity index (χ3n) is 5.32. The van der Waals surface area contributed by atoms with Gasteiger partial charge < -0.3 is 19.3 Å². The topological polar surface area (TPSA) is 95.7 Å². The standard InChI is InChI=1S/C20H21F4N3O5/c21-12-1-4-14(5-2-12)29-10-17(28)25-13-3-6-16(30-9-13)19-26-18(27-32-19)11-7-15(8-11)31-20(22,23)24/h1-2,4-5,11,13,15-16H,3,6-10H2,(H,25,28)/t11?,13-,15?,16+/m1/s1. The van der Waals surface area contributed by atoms with E-state index >= 15 is 0 Å². The highest BCUT2D eigenvalue weighted by molar-refractivity contribution is 5.77. The summed E-state index contributed by atoms with van der Waals surface area (Å²) in [5.74, 6) is 0.0372. The molecule has 174 valence electrons. The lowest BCUT2D eigenvalue weighted by molar-refractivity contribution is -0.352. The van der Waals surface area contributed by atoms with Gasteiger partial charge in [0.25, 0.3) is 11.8 Å². The van der Waals surface area contributed by atoms with Gasteiger partial charge in [-0.2, -0.15) is 4.98 Å². The lowest BCUT2D eigenvalue weighted by atomic mass is 9.82. The molecule has 1 aromatic heterocycles. The number of amides is 1. The quantitative estimate of drug-likeness (QED) is 0.634. The summed E-state index contributed by atoms with van der Waals surface area (Å²) < 4.78 is 69.7. The number of hydrogen-bond donors (Lipinski definition) is 1. The number of alkyl halides is 3. The molecule has 12 heteroatoms. The summed E-state index contributed by atoms with van der Waals surface area (Å²) in [5.41, 5.74) is 0. The molecule has 1 N–H and O–H groups in total. The molecule has 32 heavy (non-hydrogen) atoms. The molecule has 0 radical (unpaired) electrons. The van der Waals surface area contributed by atoms with E-state index in [4.69, 9.17) is 14.0 Å². The normalized spacial score (nSPS) is 25.8. The van der Waals surface area contributed by atoms with E-state index in [2.05, 4.69) is 20.2 Å². The van der Waals surface area contributed by atoms with Crippen LogP contribution in [0.25, 0.3) is 0 Å². The van der Waals surface area contributed by atoms with Gasteiger partial charge in [0.15, 0.2) is 12.4 Å². The minimum absolute atomic E-state index is 0.179. The summed E-state index contributed by atoms with van der Waals surface area (Å²) in [6.45, 7) is 0.0224. The van der Waals surface area contributed by atoms with Crippen molar-refractivity contribution < 1.29 is 41.1 Å². The highest BCUT2D eigenvalue weighted by atomic mass is 19.4. The van der Waals surface area contributed by atoms with E-state index in [1.165, 1.54) is 24.3 Å². The van der Waals surface area contributed by atoms with Crippen LogP contribution in [0.1, 0.15) is 49.4 Å². The van der Waals surface area contributed by atoms with Crippen molar-refractivity contribution in [2.24, 2.45) is 0 Å². The van der Waals surface area contributed by atoms with Gasteiger partial charge in [0.2, 0.25) is 0 Å². The van der Waals surface area contributed by atoms with Crippen molar-refractivity contribution in [2.75, 3.05) is 13.2 Å². The maximum absolute atomic E-state index is 12.9. The molecule has 2 aromatic rings. The van der Waals surface area contributed by atoms with Crippen molar-refractivity contribution in [3.63, 3.8) is 0 Å². The molecule has 4 rings (SSSR count). The third-order valence-corrected chi connectivity index (χ3v) is 5.32. The van der Waals surface area contributed by atoms with Crippen LogP contribution in [-0.2, 0) is 14.3 Å². The maximum atomic E-state index is 12.9. The number of hydrogen-bond acceptors (Lipinski definition) is 7. The number of nitrogens with zero attached hydrogens (tertiary/aromatic N) is 2. The molecule has 0 unspecified atom stereocenters. The molecule has 8 nitrogen and oxygen atoms in total. The first-order valence-electron chi connectivity index (χ1n) is 10.1. The minimum Gasteiger partial charge on any atom is -0.484 e. The Morgan fingerprint density at radius 1 is 1.19 bits per heavy atom. The lowest BCUT2D eigenvalue weighted by Gasteiger charge is -2.33. The van der Waals surface area contributed by atoms with Gasteiger partial charge in [-0.1, -0.05) is 5.16 Å². The van der Waals surface area contributed by atoms with Crippen LogP contribution in [0, 0.1) is 5.82 Å². The monoisotopic (exact) mass is 459 g/mol. The molecule has 1 aromatic carbocycles. The summed E-state index contributed by atoms with van der Waals surface area (Å²) in [7, 11) is 0. The van der Waals surface area contributed by atoms with Gasteiger partial charge in [-0.3, -0.25) is 9.53 Å². The number of carbonyl (C=O) groups excluding carboxylic acids is 1. The van der Waals surface area contributed by atoms with Gasteiger partial charge in [-0.15, -0.1) is 13.2 Å². The molecule has 1 aliphatic heterocycles. The molecule has 2 atom stereocenters. The van der Waals surface area contributed by atoms with Crippen LogP contribution in [0.3, 0.4) is 0 Å². The van der Waals surface area contributed by atoms with E-state index in [1.54, 1.807) is 0 Å². The SMILES string of the molecule is O=C(COc1ccc(F)cc1)N[C@@H]1CC[C@@H](c2nc(C3CC(OC(F)(F)F)C3)no2)OC1. The molecule has 0 bridgehead atoms. The molecule has 1 amide bonds. The van der Waals surface area contributed by atoms with Crippen LogP contribution in [0.15, 0.2) is 28.8 Å². The van der Waals surface area contributed by atoms with E-state index in [-0.39, 0.29) is 49.8 Å². The second-order valence-corrected chi connectivity index (χ2v) is 7.75.